The molecule has 1 aliphatic heterocycles. The zero-order valence-electron chi connectivity index (χ0n) is 39.5. The van der Waals surface area contributed by atoms with Crippen molar-refractivity contribution in [3.8, 4) is 0 Å². The second kappa shape index (κ2) is 40.0. The van der Waals surface area contributed by atoms with Gasteiger partial charge in [0.1, 0.15) is 36.8 Å². The van der Waals surface area contributed by atoms with Crippen molar-refractivity contribution in [2.45, 2.75) is 282 Å². The van der Waals surface area contributed by atoms with Gasteiger partial charge in [-0.05, 0) is 12.8 Å². The molecule has 62 heavy (non-hydrogen) atoms. The number of carbonyl (C=O) groups is 2. The van der Waals surface area contributed by atoms with Gasteiger partial charge in [0.2, 0.25) is 0 Å². The number of ether oxygens (including phenoxy) is 4. The Bertz CT molecular complexity index is 1150. The fourth-order valence-corrected chi connectivity index (χ4v) is 8.90. The summed E-state index contributed by atoms with van der Waals surface area (Å²) in [4.78, 5) is 25.5. The minimum Gasteiger partial charge on any atom is -0.462 e. The van der Waals surface area contributed by atoms with Gasteiger partial charge in [-0.2, -0.15) is 8.42 Å². The number of carbonyl (C=O) groups excluding carboxylic acids is 2. The van der Waals surface area contributed by atoms with Gasteiger partial charge >= 0.3 is 11.9 Å². The summed E-state index contributed by atoms with van der Waals surface area (Å²) >= 11 is 0. The fourth-order valence-electron chi connectivity index (χ4n) is 8.21. The largest absolute Gasteiger partial charge is 0.462 e. The van der Waals surface area contributed by atoms with Crippen molar-refractivity contribution in [2.24, 2.45) is 0 Å². The Morgan fingerprint density at radius 3 is 1.18 bits per heavy atom. The Hall–Kier alpha value is -1.35. The topological polar surface area (TPSA) is 186 Å². The molecule has 0 aromatic heterocycles. The molecule has 0 radical (unpaired) electrons. The summed E-state index contributed by atoms with van der Waals surface area (Å²) in [7, 11) is -4.60. The number of rotatable bonds is 44. The maximum absolute atomic E-state index is 12.9. The van der Waals surface area contributed by atoms with Crippen LogP contribution in [0.5, 0.6) is 0 Å². The lowest BCUT2D eigenvalue weighted by atomic mass is 10.00. The van der Waals surface area contributed by atoms with Gasteiger partial charge in [-0.1, -0.05) is 219 Å². The monoisotopic (exact) mass is 907 g/mol. The third kappa shape index (κ3) is 34.1. The smallest absolute Gasteiger partial charge is 0.306 e. The van der Waals surface area contributed by atoms with Crippen LogP contribution in [0.4, 0.5) is 0 Å². The number of aliphatic hydroxyl groups excluding tert-OH is 3. The van der Waals surface area contributed by atoms with Crippen LogP contribution < -0.4 is 0 Å². The molecule has 1 fully saturated rings. The van der Waals surface area contributed by atoms with Crippen molar-refractivity contribution in [3.05, 3.63) is 0 Å². The summed E-state index contributed by atoms with van der Waals surface area (Å²) in [6.45, 7) is 3.80. The van der Waals surface area contributed by atoms with E-state index in [-0.39, 0.29) is 19.4 Å². The van der Waals surface area contributed by atoms with Crippen molar-refractivity contribution in [2.75, 3.05) is 19.0 Å². The second-order valence-electron chi connectivity index (χ2n) is 18.2. The number of aliphatic hydroxyl groups is 3. The summed E-state index contributed by atoms with van der Waals surface area (Å²) in [5, 5.41) is 30.9. The van der Waals surface area contributed by atoms with E-state index in [2.05, 4.69) is 13.8 Å². The first-order valence-corrected chi connectivity index (χ1v) is 27.2. The molecule has 1 heterocycles. The molecule has 6 atom stereocenters. The van der Waals surface area contributed by atoms with E-state index in [1.165, 1.54) is 167 Å². The zero-order valence-corrected chi connectivity index (χ0v) is 40.3. The SMILES string of the molecule is CCCCCCCCCCCCCCCCCCCCCCCCC(=O)O[C@H](COC(=O)CCCCCCCCCCCCCC)CO[C@H]1O[C@H](CS(=O)(=O)O)[C@@H](O)C(O)C1O. The molecule has 0 bridgehead atoms. The average molecular weight is 907 g/mol. The highest BCUT2D eigenvalue weighted by Gasteiger charge is 2.46. The van der Waals surface area contributed by atoms with E-state index in [9.17, 15) is 37.9 Å². The Labute approximate surface area is 378 Å². The first-order chi connectivity index (χ1) is 30.0. The number of hydrogen-bond donors (Lipinski definition) is 4. The highest BCUT2D eigenvalue weighted by Crippen LogP contribution is 2.24. The Balaban J connectivity index is 2.32. The molecule has 0 amide bonds. The summed E-state index contributed by atoms with van der Waals surface area (Å²) in [5.74, 6) is -1.96. The van der Waals surface area contributed by atoms with Gasteiger partial charge in [0.05, 0.1) is 6.61 Å². The molecule has 2 unspecified atom stereocenters. The molecular weight excluding hydrogens is 813 g/mol. The third-order valence-corrected chi connectivity index (χ3v) is 12.9. The van der Waals surface area contributed by atoms with Gasteiger partial charge in [-0.3, -0.25) is 14.1 Å². The van der Waals surface area contributed by atoms with Crippen molar-refractivity contribution in [1.82, 2.24) is 0 Å². The average Bonchev–Trinajstić information content (AvgIpc) is 3.24. The molecule has 368 valence electrons. The molecule has 0 aliphatic carbocycles. The number of esters is 2. The lowest BCUT2D eigenvalue weighted by Gasteiger charge is -2.40. The molecule has 0 saturated carbocycles. The predicted molar refractivity (Wildman–Crippen MR) is 247 cm³/mol. The van der Waals surface area contributed by atoms with E-state index in [0.717, 1.165) is 38.5 Å². The summed E-state index contributed by atoms with van der Waals surface area (Å²) in [6, 6.07) is 0. The molecule has 1 aliphatic rings. The summed E-state index contributed by atoms with van der Waals surface area (Å²) in [5.41, 5.74) is 0. The minimum absolute atomic E-state index is 0.173. The van der Waals surface area contributed by atoms with E-state index < -0.39 is 71.2 Å². The Morgan fingerprint density at radius 2 is 0.823 bits per heavy atom. The maximum Gasteiger partial charge on any atom is 0.306 e. The van der Waals surface area contributed by atoms with Crippen molar-refractivity contribution in [1.29, 1.82) is 0 Å². The first-order valence-electron chi connectivity index (χ1n) is 25.6. The molecule has 4 N–H and O–H groups in total. The van der Waals surface area contributed by atoms with Gasteiger partial charge < -0.3 is 34.3 Å². The van der Waals surface area contributed by atoms with E-state index in [0.29, 0.717) is 12.8 Å². The second-order valence-corrected chi connectivity index (χ2v) is 19.7. The van der Waals surface area contributed by atoms with Crippen molar-refractivity contribution < 1.29 is 56.8 Å². The molecule has 0 spiro atoms. The summed E-state index contributed by atoms with van der Waals surface area (Å²) < 4.78 is 54.2. The fraction of sp³-hybridized carbons (Fsp3) is 0.959. The van der Waals surface area contributed by atoms with Gasteiger partial charge in [0.25, 0.3) is 10.1 Å². The maximum atomic E-state index is 12.9. The lowest BCUT2D eigenvalue weighted by Crippen LogP contribution is -2.60. The standard InChI is InChI=1S/C49H94O12S/c1-3-5-7-9-11-13-15-17-18-19-20-21-22-23-24-25-26-28-30-32-34-36-38-45(51)60-42(40-59-49-48(54)47(53)46(52)43(61-49)41-62(55,56)57)39-58-44(50)37-35-33-31-29-27-16-14-12-10-8-6-4-2/h42-43,46-49,52-54H,3-41H2,1-2H3,(H,55,56,57)/t42-,43-,46-,47?,48?,49+/m1/s1. The van der Waals surface area contributed by atoms with Gasteiger partial charge in [-0.15, -0.1) is 0 Å². The van der Waals surface area contributed by atoms with Crippen LogP contribution in [0.2, 0.25) is 0 Å². The molecule has 13 heteroatoms. The highest BCUT2D eigenvalue weighted by atomic mass is 32.2. The van der Waals surface area contributed by atoms with Crippen LogP contribution in [0.15, 0.2) is 0 Å². The van der Waals surface area contributed by atoms with E-state index in [1.807, 2.05) is 0 Å². The van der Waals surface area contributed by atoms with Crippen LogP contribution >= 0.6 is 0 Å². The van der Waals surface area contributed by atoms with Gasteiger partial charge in [-0.25, -0.2) is 0 Å². The zero-order chi connectivity index (χ0) is 45.5. The van der Waals surface area contributed by atoms with Crippen LogP contribution in [0.1, 0.15) is 245 Å². The summed E-state index contributed by atoms with van der Waals surface area (Å²) in [6.07, 6.45) is 32.9. The predicted octanol–water partition coefficient (Wildman–Crippen LogP) is 11.2. The molecule has 1 rings (SSSR count). The van der Waals surface area contributed by atoms with E-state index in [4.69, 9.17) is 18.9 Å². The molecule has 0 aromatic rings. The number of hydrogen-bond acceptors (Lipinski definition) is 11. The Kier molecular flexibility index (Phi) is 37.8. The van der Waals surface area contributed by atoms with Crippen LogP contribution in [-0.4, -0.2) is 96.0 Å². The molecule has 1 saturated heterocycles. The minimum atomic E-state index is -4.60. The third-order valence-electron chi connectivity index (χ3n) is 12.2. The Morgan fingerprint density at radius 1 is 0.484 bits per heavy atom. The van der Waals surface area contributed by atoms with Crippen molar-refractivity contribution in [3.63, 3.8) is 0 Å². The van der Waals surface area contributed by atoms with Gasteiger partial charge in [0.15, 0.2) is 12.4 Å². The molecular formula is C49H94O12S. The molecule has 0 aromatic carbocycles. The normalized spacial score (nSPS) is 19.7. The van der Waals surface area contributed by atoms with Crippen molar-refractivity contribution >= 4 is 22.1 Å². The van der Waals surface area contributed by atoms with Gasteiger partial charge in [0, 0.05) is 12.8 Å². The van der Waals surface area contributed by atoms with Crippen LogP contribution in [0.25, 0.3) is 0 Å². The van der Waals surface area contributed by atoms with E-state index >= 15 is 0 Å². The van der Waals surface area contributed by atoms with Crippen LogP contribution in [0.3, 0.4) is 0 Å². The van der Waals surface area contributed by atoms with E-state index in [1.54, 1.807) is 0 Å². The highest BCUT2D eigenvalue weighted by molar-refractivity contribution is 7.85. The first kappa shape index (κ1) is 58.7. The molecule has 12 nitrogen and oxygen atoms in total. The quantitative estimate of drug-likeness (QED) is 0.0258. The van der Waals surface area contributed by atoms with Crippen LogP contribution in [-0.2, 0) is 38.7 Å². The van der Waals surface area contributed by atoms with Crippen LogP contribution in [0, 0.1) is 0 Å². The number of unbranched alkanes of at least 4 members (excludes halogenated alkanes) is 32. The lowest BCUT2D eigenvalue weighted by molar-refractivity contribution is -0.297.